The molecule has 21 heavy (non-hydrogen) atoms. The number of hydrogen-bond acceptors (Lipinski definition) is 3. The van der Waals surface area contributed by atoms with Gasteiger partial charge in [0.25, 0.3) is 0 Å². The van der Waals surface area contributed by atoms with Crippen molar-refractivity contribution in [3.8, 4) is 17.6 Å². The second-order valence-electron chi connectivity index (χ2n) is 4.28. The molecule has 2 aromatic carbocycles. The Morgan fingerprint density at radius 2 is 1.95 bits per heavy atom. The van der Waals surface area contributed by atoms with Crippen molar-refractivity contribution in [3.05, 3.63) is 65.1 Å². The molecule has 1 heterocycles. The van der Waals surface area contributed by atoms with Gasteiger partial charge < -0.3 is 4.74 Å². The molecule has 0 saturated heterocycles. The van der Waals surface area contributed by atoms with E-state index in [-0.39, 0.29) is 22.1 Å². The average molecular weight is 299 g/mol. The second-order valence-corrected chi connectivity index (χ2v) is 4.69. The number of nitriles is 1. The van der Waals surface area contributed by atoms with E-state index in [2.05, 4.69) is 4.98 Å². The fraction of sp³-hybridized carbons (Fsp3) is 0. The maximum absolute atomic E-state index is 14.0. The summed E-state index contributed by atoms with van der Waals surface area (Å²) in [6.07, 6.45) is 1.40. The van der Waals surface area contributed by atoms with Gasteiger partial charge in [0.2, 0.25) is 0 Å². The highest BCUT2D eigenvalue weighted by molar-refractivity contribution is 6.30. The highest BCUT2D eigenvalue weighted by Crippen LogP contribution is 2.34. The first kappa shape index (κ1) is 13.3. The van der Waals surface area contributed by atoms with Crippen molar-refractivity contribution in [2.75, 3.05) is 0 Å². The molecule has 0 N–H and O–H groups in total. The maximum atomic E-state index is 14.0. The number of para-hydroxylation sites is 1. The highest BCUT2D eigenvalue weighted by atomic mass is 35.5. The minimum atomic E-state index is -0.663. The minimum absolute atomic E-state index is 0.0321. The third-order valence-electron chi connectivity index (χ3n) is 2.97. The number of hydrogen-bond donors (Lipinski definition) is 0. The van der Waals surface area contributed by atoms with E-state index in [0.717, 1.165) is 0 Å². The SMILES string of the molecule is N#Cc1cnc2ccccc2c1Oc1cccc(Cl)c1F. The summed E-state index contributed by atoms with van der Waals surface area (Å²) in [5.41, 5.74) is 0.891. The quantitative estimate of drug-likeness (QED) is 0.689. The standard InChI is InChI=1S/C16H8ClFN2O/c17-12-5-3-7-14(15(12)18)21-16-10(8-19)9-20-13-6-2-1-4-11(13)16/h1-7,9H. The Morgan fingerprint density at radius 3 is 2.76 bits per heavy atom. The van der Waals surface area contributed by atoms with Crippen molar-refractivity contribution in [1.29, 1.82) is 5.26 Å². The topological polar surface area (TPSA) is 45.9 Å². The third kappa shape index (κ3) is 2.39. The first-order chi connectivity index (χ1) is 10.2. The zero-order valence-electron chi connectivity index (χ0n) is 10.7. The summed E-state index contributed by atoms with van der Waals surface area (Å²) < 4.78 is 19.6. The number of pyridine rings is 1. The van der Waals surface area contributed by atoms with E-state index in [0.29, 0.717) is 10.9 Å². The molecule has 0 atom stereocenters. The van der Waals surface area contributed by atoms with E-state index < -0.39 is 5.82 Å². The monoisotopic (exact) mass is 298 g/mol. The van der Waals surface area contributed by atoms with Crippen molar-refractivity contribution in [2.45, 2.75) is 0 Å². The van der Waals surface area contributed by atoms with Crippen LogP contribution >= 0.6 is 11.6 Å². The molecule has 0 unspecified atom stereocenters. The van der Waals surface area contributed by atoms with Gasteiger partial charge in [0.05, 0.1) is 10.5 Å². The second kappa shape index (κ2) is 5.39. The van der Waals surface area contributed by atoms with Crippen LogP contribution in [0, 0.1) is 17.1 Å². The van der Waals surface area contributed by atoms with Crippen LogP contribution in [0.5, 0.6) is 11.5 Å². The van der Waals surface area contributed by atoms with E-state index in [1.165, 1.54) is 18.3 Å². The molecule has 0 aliphatic rings. The lowest BCUT2D eigenvalue weighted by Gasteiger charge is -2.11. The van der Waals surface area contributed by atoms with E-state index in [4.69, 9.17) is 16.3 Å². The molecule has 102 valence electrons. The predicted molar refractivity (Wildman–Crippen MR) is 77.9 cm³/mol. The number of ether oxygens (including phenoxy) is 1. The highest BCUT2D eigenvalue weighted by Gasteiger charge is 2.14. The average Bonchev–Trinajstić information content (AvgIpc) is 2.52. The van der Waals surface area contributed by atoms with Crippen molar-refractivity contribution in [2.24, 2.45) is 0 Å². The van der Waals surface area contributed by atoms with Crippen molar-refractivity contribution in [1.82, 2.24) is 4.98 Å². The van der Waals surface area contributed by atoms with E-state index in [1.54, 1.807) is 24.3 Å². The Labute approximate surface area is 125 Å². The largest absolute Gasteiger partial charge is 0.452 e. The lowest BCUT2D eigenvalue weighted by Crippen LogP contribution is -1.94. The van der Waals surface area contributed by atoms with Gasteiger partial charge in [-0.1, -0.05) is 29.8 Å². The first-order valence-corrected chi connectivity index (χ1v) is 6.48. The number of benzene rings is 2. The summed E-state index contributed by atoms with van der Waals surface area (Å²) >= 11 is 5.74. The summed E-state index contributed by atoms with van der Waals surface area (Å²) in [5, 5.41) is 9.79. The summed E-state index contributed by atoms with van der Waals surface area (Å²) in [6, 6.07) is 13.6. The fourth-order valence-corrected chi connectivity index (χ4v) is 2.14. The molecule has 3 nitrogen and oxygen atoms in total. The third-order valence-corrected chi connectivity index (χ3v) is 3.27. The molecule has 0 fully saturated rings. The molecule has 1 aromatic heterocycles. The van der Waals surface area contributed by atoms with Crippen LogP contribution in [0.2, 0.25) is 5.02 Å². The zero-order valence-corrected chi connectivity index (χ0v) is 11.4. The molecule has 0 amide bonds. The summed E-state index contributed by atoms with van der Waals surface area (Å²) in [5.74, 6) is -0.427. The van der Waals surface area contributed by atoms with Gasteiger partial charge in [-0.2, -0.15) is 5.26 Å². The fourth-order valence-electron chi connectivity index (χ4n) is 1.98. The van der Waals surface area contributed by atoms with Crippen LogP contribution in [0.15, 0.2) is 48.7 Å². The Hall–Kier alpha value is -2.64. The van der Waals surface area contributed by atoms with Gasteiger partial charge in [-0.05, 0) is 24.3 Å². The zero-order chi connectivity index (χ0) is 14.8. The lowest BCUT2D eigenvalue weighted by molar-refractivity contribution is 0.445. The molecule has 0 saturated carbocycles. The van der Waals surface area contributed by atoms with Crippen LogP contribution in [0.3, 0.4) is 0 Å². The van der Waals surface area contributed by atoms with Crippen LogP contribution in [-0.4, -0.2) is 4.98 Å². The maximum Gasteiger partial charge on any atom is 0.184 e. The van der Waals surface area contributed by atoms with Gasteiger partial charge >= 0.3 is 0 Å². The Morgan fingerprint density at radius 1 is 1.14 bits per heavy atom. The molecule has 3 aromatic rings. The predicted octanol–water partition coefficient (Wildman–Crippen LogP) is 4.69. The normalized spacial score (nSPS) is 10.3. The van der Waals surface area contributed by atoms with Crippen LogP contribution in [0.25, 0.3) is 10.9 Å². The molecular formula is C16H8ClFN2O. The van der Waals surface area contributed by atoms with Crippen LogP contribution in [-0.2, 0) is 0 Å². The van der Waals surface area contributed by atoms with Gasteiger partial charge in [-0.25, -0.2) is 4.39 Å². The smallest absolute Gasteiger partial charge is 0.184 e. The van der Waals surface area contributed by atoms with E-state index in [1.807, 2.05) is 12.1 Å². The van der Waals surface area contributed by atoms with Gasteiger partial charge in [0.1, 0.15) is 11.6 Å². The summed E-state index contributed by atoms with van der Waals surface area (Å²) in [6.45, 7) is 0. The van der Waals surface area contributed by atoms with Gasteiger partial charge in [0, 0.05) is 11.6 Å². The molecule has 5 heteroatoms. The summed E-state index contributed by atoms with van der Waals surface area (Å²) in [7, 11) is 0. The minimum Gasteiger partial charge on any atom is -0.452 e. The van der Waals surface area contributed by atoms with E-state index in [9.17, 15) is 9.65 Å². The van der Waals surface area contributed by atoms with Crippen molar-refractivity contribution < 1.29 is 9.13 Å². The van der Waals surface area contributed by atoms with Crippen LogP contribution < -0.4 is 4.74 Å². The molecule has 0 aliphatic carbocycles. The summed E-state index contributed by atoms with van der Waals surface area (Å²) in [4.78, 5) is 4.17. The van der Waals surface area contributed by atoms with Crippen LogP contribution in [0.4, 0.5) is 4.39 Å². The number of fused-ring (bicyclic) bond motifs is 1. The van der Waals surface area contributed by atoms with Crippen molar-refractivity contribution >= 4 is 22.5 Å². The van der Waals surface area contributed by atoms with E-state index >= 15 is 0 Å². The molecule has 0 spiro atoms. The van der Waals surface area contributed by atoms with Crippen molar-refractivity contribution in [3.63, 3.8) is 0 Å². The molecule has 0 aliphatic heterocycles. The number of aromatic nitrogens is 1. The Balaban J connectivity index is 2.20. The number of rotatable bonds is 2. The van der Waals surface area contributed by atoms with Gasteiger partial charge in [-0.15, -0.1) is 0 Å². The molecular weight excluding hydrogens is 291 g/mol. The molecule has 3 rings (SSSR count). The first-order valence-electron chi connectivity index (χ1n) is 6.10. The van der Waals surface area contributed by atoms with Gasteiger partial charge in [0.15, 0.2) is 17.3 Å². The van der Waals surface area contributed by atoms with Gasteiger partial charge in [-0.3, -0.25) is 4.98 Å². The lowest BCUT2D eigenvalue weighted by atomic mass is 10.1. The Kier molecular flexibility index (Phi) is 3.43. The number of halogens is 2. The molecule has 0 radical (unpaired) electrons. The molecule has 0 bridgehead atoms. The Bertz CT molecular complexity index is 874. The number of nitrogens with zero attached hydrogens (tertiary/aromatic N) is 2. The van der Waals surface area contributed by atoms with Crippen LogP contribution in [0.1, 0.15) is 5.56 Å².